The maximum Gasteiger partial charge on any atom is 0.324 e. The van der Waals surface area contributed by atoms with E-state index in [9.17, 15) is 0 Å². The third-order valence-corrected chi connectivity index (χ3v) is 1.000. The Hall–Kier alpha value is -0.590. The lowest BCUT2D eigenvalue weighted by molar-refractivity contribution is 0.302. The smallest absolute Gasteiger partial charge is 0.324 e. The predicted octanol–water partition coefficient (Wildman–Crippen LogP) is 0.855. The fraction of sp³-hybridized carbons (Fsp3) is 0.500. The van der Waals surface area contributed by atoms with Crippen molar-refractivity contribution in [1.29, 1.82) is 0 Å². The third-order valence-electron chi connectivity index (χ3n) is 1.000. The third kappa shape index (κ3) is 141. The van der Waals surface area contributed by atoms with Crippen LogP contribution in [0.1, 0.15) is 19.3 Å². The van der Waals surface area contributed by atoms with E-state index < -0.39 is 8.60 Å². The van der Waals surface area contributed by atoms with Gasteiger partial charge in [-0.3, -0.25) is 0 Å². The van der Waals surface area contributed by atoms with Gasteiger partial charge in [0.05, 0.1) is 0 Å². The van der Waals surface area contributed by atoms with Crippen LogP contribution in [0.5, 0.6) is 0 Å². The molecule has 0 unspecified atom stereocenters. The molecule has 0 amide bonds. The van der Waals surface area contributed by atoms with Crippen molar-refractivity contribution >= 4 is 8.60 Å². The van der Waals surface area contributed by atoms with Gasteiger partial charge < -0.3 is 30.0 Å². The predicted molar refractivity (Wildman–Crippen MR) is 79.3 cm³/mol. The summed E-state index contributed by atoms with van der Waals surface area (Å²) in [5, 5.41) is 24.0. The molecule has 0 aliphatic rings. The van der Waals surface area contributed by atoms with Gasteiger partial charge in [-0.1, -0.05) is 18.2 Å². The summed E-state index contributed by atoms with van der Waals surface area (Å²) in [6.45, 7) is 10.8. The van der Waals surface area contributed by atoms with Crippen LogP contribution >= 0.6 is 8.60 Å². The number of hydrogen-bond acceptors (Lipinski definition) is 6. The van der Waals surface area contributed by atoms with Crippen LogP contribution in [-0.2, 0) is 0 Å². The number of rotatable bonds is 6. The molecule has 0 aromatic rings. The van der Waals surface area contributed by atoms with Crippen LogP contribution in [0.4, 0.5) is 0 Å². The molecule has 0 aromatic carbocycles. The van der Waals surface area contributed by atoms with Crippen LogP contribution < -0.4 is 0 Å². The van der Waals surface area contributed by atoms with E-state index in [-0.39, 0.29) is 19.8 Å². The van der Waals surface area contributed by atoms with Crippen molar-refractivity contribution < 1.29 is 30.0 Å². The summed E-state index contributed by atoms with van der Waals surface area (Å²) in [6, 6.07) is 0. The topological polar surface area (TPSA) is 121 Å². The van der Waals surface area contributed by atoms with E-state index in [1.54, 1.807) is 18.2 Å². The van der Waals surface area contributed by atoms with Gasteiger partial charge in [-0.2, -0.15) is 0 Å². The van der Waals surface area contributed by atoms with E-state index in [4.69, 9.17) is 30.0 Å². The fourth-order valence-corrected chi connectivity index (χ4v) is 0.274. The Morgan fingerprint density at radius 2 is 0.789 bits per heavy atom. The molecule has 0 heterocycles. The summed E-state index contributed by atoms with van der Waals surface area (Å²) >= 11 is 0. The first kappa shape index (κ1) is 26.9. The van der Waals surface area contributed by atoms with Gasteiger partial charge in [0.1, 0.15) is 0 Å². The molecule has 0 atom stereocenters. The zero-order valence-electron chi connectivity index (χ0n) is 11.2. The average molecular weight is 298 g/mol. The van der Waals surface area contributed by atoms with Gasteiger partial charge in [0.15, 0.2) is 0 Å². The molecule has 0 aromatic heterocycles. The summed E-state index contributed by atoms with van der Waals surface area (Å²) in [6.07, 6.45) is 7.17. The van der Waals surface area contributed by atoms with Gasteiger partial charge in [0, 0.05) is 19.8 Å². The highest BCUT2D eigenvalue weighted by Crippen LogP contribution is 2.11. The second kappa shape index (κ2) is 36.0. The van der Waals surface area contributed by atoms with E-state index in [1.807, 2.05) is 0 Å². The quantitative estimate of drug-likeness (QED) is 0.319. The van der Waals surface area contributed by atoms with Gasteiger partial charge >= 0.3 is 8.60 Å². The van der Waals surface area contributed by atoms with Crippen molar-refractivity contribution in [2.45, 2.75) is 19.3 Å². The molecule has 0 rings (SSSR count). The van der Waals surface area contributed by atoms with Crippen LogP contribution in [0.15, 0.2) is 38.0 Å². The second-order valence-corrected chi connectivity index (χ2v) is 3.21. The molecule has 0 radical (unpaired) electrons. The first-order valence-electron chi connectivity index (χ1n) is 5.50. The van der Waals surface area contributed by atoms with Crippen LogP contribution in [0.3, 0.4) is 0 Å². The number of hydrogen-bond donors (Lipinski definition) is 6. The largest absolute Gasteiger partial charge is 0.396 e. The molecular weight excluding hydrogens is 271 g/mol. The minimum atomic E-state index is -2.62. The molecule has 0 spiro atoms. The van der Waals surface area contributed by atoms with Crippen LogP contribution in [0, 0.1) is 0 Å². The highest BCUT2D eigenvalue weighted by molar-refractivity contribution is 7.38. The molecule has 0 bridgehead atoms. The summed E-state index contributed by atoms with van der Waals surface area (Å²) in [7, 11) is -2.62. The van der Waals surface area contributed by atoms with Crippen molar-refractivity contribution in [3.63, 3.8) is 0 Å². The summed E-state index contributed by atoms with van der Waals surface area (Å²) in [4.78, 5) is 21.7. The van der Waals surface area contributed by atoms with Gasteiger partial charge in [-0.15, -0.1) is 19.7 Å². The van der Waals surface area contributed by atoms with Gasteiger partial charge in [-0.25, -0.2) is 0 Å². The van der Waals surface area contributed by atoms with E-state index in [0.29, 0.717) is 19.3 Å². The van der Waals surface area contributed by atoms with Crippen molar-refractivity contribution in [2.75, 3.05) is 19.8 Å². The Balaban J connectivity index is -0.0000000793. The Morgan fingerprint density at radius 1 is 0.632 bits per heavy atom. The Morgan fingerprint density at radius 3 is 0.789 bits per heavy atom. The number of aliphatic hydroxyl groups excluding tert-OH is 3. The molecule has 0 saturated heterocycles. The molecule has 0 fully saturated rings. The van der Waals surface area contributed by atoms with Crippen molar-refractivity contribution in [3.05, 3.63) is 38.0 Å². The molecule has 6 N–H and O–H groups in total. The summed E-state index contributed by atoms with van der Waals surface area (Å²) in [5.74, 6) is 0. The van der Waals surface area contributed by atoms with Crippen molar-refractivity contribution in [1.82, 2.24) is 0 Å². The Kier molecular flexibility index (Phi) is 50.9. The minimum Gasteiger partial charge on any atom is -0.396 e. The Bertz CT molecular complexity index is 138. The molecule has 19 heavy (non-hydrogen) atoms. The molecule has 0 aliphatic heterocycles. The molecule has 0 aliphatic carbocycles. The molecular formula is C12H27O6P. The van der Waals surface area contributed by atoms with Crippen LogP contribution in [-0.4, -0.2) is 49.8 Å². The average Bonchev–Trinajstić information content (AvgIpc) is 2.33. The zero-order chi connectivity index (χ0) is 15.9. The highest BCUT2D eigenvalue weighted by atomic mass is 31.2. The van der Waals surface area contributed by atoms with Gasteiger partial charge in [0.2, 0.25) is 0 Å². The molecule has 7 heteroatoms. The molecule has 0 saturated carbocycles. The van der Waals surface area contributed by atoms with Crippen molar-refractivity contribution in [2.24, 2.45) is 0 Å². The standard InChI is InChI=1S/3C4H8O.H3O3P/c3*1-2-3-4-5;1-4(2)3/h3*2,5H,1,3-4H2;1-3H. The highest BCUT2D eigenvalue weighted by Gasteiger charge is 1.76. The maximum atomic E-state index is 8.00. The molecule has 116 valence electrons. The van der Waals surface area contributed by atoms with Gasteiger partial charge in [0.25, 0.3) is 0 Å². The van der Waals surface area contributed by atoms with E-state index in [0.717, 1.165) is 0 Å². The number of aliphatic hydroxyl groups is 3. The summed E-state index contributed by atoms with van der Waals surface area (Å²) < 4.78 is 0. The second-order valence-electron chi connectivity index (χ2n) is 2.67. The minimum absolute atomic E-state index is 0.226. The molecule has 6 nitrogen and oxygen atoms in total. The van der Waals surface area contributed by atoms with E-state index >= 15 is 0 Å². The fourth-order valence-electron chi connectivity index (χ4n) is 0.274. The SMILES string of the molecule is C=CCCO.C=CCCO.C=CCCO.OP(O)O. The maximum absolute atomic E-state index is 8.00. The zero-order valence-corrected chi connectivity index (χ0v) is 12.1. The Labute approximate surface area is 116 Å². The van der Waals surface area contributed by atoms with E-state index in [1.165, 1.54) is 0 Å². The van der Waals surface area contributed by atoms with Crippen LogP contribution in [0.2, 0.25) is 0 Å². The summed E-state index contributed by atoms with van der Waals surface area (Å²) in [5.41, 5.74) is 0. The normalized spacial score (nSPS) is 7.74. The van der Waals surface area contributed by atoms with Crippen LogP contribution in [0.25, 0.3) is 0 Å². The van der Waals surface area contributed by atoms with E-state index in [2.05, 4.69) is 19.7 Å². The first-order chi connectivity index (χ1) is 8.97. The lowest BCUT2D eigenvalue weighted by Gasteiger charge is -1.76. The lowest BCUT2D eigenvalue weighted by atomic mass is 10.5. The first-order valence-corrected chi connectivity index (χ1v) is 6.70. The van der Waals surface area contributed by atoms with Gasteiger partial charge in [-0.05, 0) is 19.3 Å². The monoisotopic (exact) mass is 298 g/mol. The lowest BCUT2D eigenvalue weighted by Crippen LogP contribution is -1.71. The van der Waals surface area contributed by atoms with Crippen molar-refractivity contribution in [3.8, 4) is 0 Å².